The van der Waals surface area contributed by atoms with E-state index in [4.69, 9.17) is 16.3 Å². The van der Waals surface area contributed by atoms with Crippen molar-refractivity contribution >= 4 is 11.6 Å². The molecule has 3 nitrogen and oxygen atoms in total. The number of ether oxygens (including phenoxy) is 1. The average Bonchev–Trinajstić information content (AvgIpc) is 2.23. The molecule has 18 heavy (non-hydrogen) atoms. The van der Waals surface area contributed by atoms with Crippen LogP contribution < -0.4 is 10.1 Å². The highest BCUT2D eigenvalue weighted by atomic mass is 35.5. The topological polar surface area (TPSA) is 41.5 Å². The maximum Gasteiger partial charge on any atom is 0.142 e. The van der Waals surface area contributed by atoms with Gasteiger partial charge < -0.3 is 15.2 Å². The second kappa shape index (κ2) is 6.41. The maximum atomic E-state index is 9.70. The Bertz CT molecular complexity index is 386. The number of halogens is 1. The van der Waals surface area contributed by atoms with Crippen LogP contribution in [0.25, 0.3) is 0 Å². The fourth-order valence-corrected chi connectivity index (χ4v) is 1.67. The minimum atomic E-state index is -0.873. The van der Waals surface area contributed by atoms with Gasteiger partial charge in [-0.3, -0.25) is 0 Å². The van der Waals surface area contributed by atoms with Gasteiger partial charge in [0.05, 0.1) is 10.6 Å². The van der Waals surface area contributed by atoms with Gasteiger partial charge in [0.25, 0.3) is 0 Å². The monoisotopic (exact) mass is 271 g/mol. The van der Waals surface area contributed by atoms with E-state index in [0.717, 1.165) is 5.56 Å². The zero-order chi connectivity index (χ0) is 13.8. The maximum absolute atomic E-state index is 9.70. The van der Waals surface area contributed by atoms with Crippen LogP contribution in [0, 0.1) is 0 Å². The molecule has 0 saturated heterocycles. The van der Waals surface area contributed by atoms with Gasteiger partial charge in [0.2, 0.25) is 0 Å². The van der Waals surface area contributed by atoms with Crippen molar-refractivity contribution in [3.63, 3.8) is 0 Å². The van der Waals surface area contributed by atoms with Crippen LogP contribution >= 0.6 is 11.6 Å². The zero-order valence-electron chi connectivity index (χ0n) is 11.5. The number of aliphatic hydroxyl groups is 1. The number of rotatable bonds is 6. The van der Waals surface area contributed by atoms with Crippen LogP contribution in [0.1, 0.15) is 33.3 Å². The second-order valence-corrected chi connectivity index (χ2v) is 5.77. The van der Waals surface area contributed by atoms with Gasteiger partial charge in [-0.05, 0) is 19.9 Å². The first-order chi connectivity index (χ1) is 8.29. The molecule has 0 saturated carbocycles. The Balaban J connectivity index is 2.80. The predicted molar refractivity (Wildman–Crippen MR) is 75.2 cm³/mol. The molecule has 0 aliphatic rings. The van der Waals surface area contributed by atoms with Crippen molar-refractivity contribution in [3.05, 3.63) is 28.8 Å². The molecule has 0 aliphatic heterocycles. The third kappa shape index (κ3) is 5.25. The summed E-state index contributed by atoms with van der Waals surface area (Å²) >= 11 is 6.14. The van der Waals surface area contributed by atoms with E-state index in [1.807, 2.05) is 12.1 Å². The van der Waals surface area contributed by atoms with Crippen molar-refractivity contribution in [1.29, 1.82) is 0 Å². The van der Waals surface area contributed by atoms with Gasteiger partial charge in [0.15, 0.2) is 0 Å². The molecule has 1 aromatic carbocycles. The summed E-state index contributed by atoms with van der Waals surface area (Å²) in [5, 5.41) is 13.6. The lowest BCUT2D eigenvalue weighted by atomic mass is 10.1. The van der Waals surface area contributed by atoms with Gasteiger partial charge in [-0.1, -0.05) is 37.6 Å². The highest BCUT2D eigenvalue weighted by molar-refractivity contribution is 6.32. The van der Waals surface area contributed by atoms with Gasteiger partial charge in [0.1, 0.15) is 12.4 Å². The summed E-state index contributed by atoms with van der Waals surface area (Å²) in [4.78, 5) is 0. The highest BCUT2D eigenvalue weighted by Gasteiger charge is 2.16. The summed E-state index contributed by atoms with van der Waals surface area (Å²) < 4.78 is 5.64. The quantitative estimate of drug-likeness (QED) is 0.836. The Morgan fingerprint density at radius 2 is 2.06 bits per heavy atom. The van der Waals surface area contributed by atoms with Gasteiger partial charge in [-0.25, -0.2) is 0 Å². The van der Waals surface area contributed by atoms with E-state index in [2.05, 4.69) is 19.2 Å². The summed E-state index contributed by atoms with van der Waals surface area (Å²) in [6.45, 7) is 8.49. The van der Waals surface area contributed by atoms with Crippen molar-refractivity contribution in [1.82, 2.24) is 5.32 Å². The van der Waals surface area contributed by atoms with E-state index < -0.39 is 5.60 Å². The molecule has 0 atom stereocenters. The van der Waals surface area contributed by atoms with E-state index in [9.17, 15) is 5.11 Å². The van der Waals surface area contributed by atoms with Crippen molar-refractivity contribution in [2.75, 3.05) is 6.61 Å². The zero-order valence-corrected chi connectivity index (χ0v) is 12.2. The summed E-state index contributed by atoms with van der Waals surface area (Å²) in [7, 11) is 0. The van der Waals surface area contributed by atoms with Gasteiger partial charge >= 0.3 is 0 Å². The van der Waals surface area contributed by atoms with E-state index in [1.165, 1.54) is 0 Å². The molecule has 0 radical (unpaired) electrons. The Morgan fingerprint density at radius 3 is 2.61 bits per heavy atom. The lowest BCUT2D eigenvalue weighted by Crippen LogP contribution is -2.28. The number of para-hydroxylation sites is 1. The number of hydrogen-bond donors (Lipinski definition) is 2. The second-order valence-electron chi connectivity index (χ2n) is 5.36. The summed E-state index contributed by atoms with van der Waals surface area (Å²) in [5.41, 5.74) is 0.127. The van der Waals surface area contributed by atoms with Crippen molar-refractivity contribution in [3.8, 4) is 5.75 Å². The van der Waals surface area contributed by atoms with Crippen LogP contribution in [0.5, 0.6) is 5.75 Å². The van der Waals surface area contributed by atoms with Crippen LogP contribution in [-0.2, 0) is 6.54 Å². The first-order valence-electron chi connectivity index (χ1n) is 6.15. The molecule has 0 unspecified atom stereocenters. The normalized spacial score (nSPS) is 11.9. The number of nitrogens with one attached hydrogen (secondary N) is 1. The van der Waals surface area contributed by atoms with E-state index in [-0.39, 0.29) is 6.61 Å². The number of benzene rings is 1. The highest BCUT2D eigenvalue weighted by Crippen LogP contribution is 2.29. The molecule has 0 aliphatic carbocycles. The Labute approximate surface area is 114 Å². The van der Waals surface area contributed by atoms with Gasteiger partial charge in [0, 0.05) is 18.2 Å². The Morgan fingerprint density at radius 1 is 1.39 bits per heavy atom. The summed E-state index contributed by atoms with van der Waals surface area (Å²) in [5.74, 6) is 0.648. The molecule has 0 bridgehead atoms. The van der Waals surface area contributed by atoms with E-state index in [0.29, 0.717) is 23.4 Å². The smallest absolute Gasteiger partial charge is 0.142 e. The molecule has 0 spiro atoms. The van der Waals surface area contributed by atoms with Gasteiger partial charge in [-0.15, -0.1) is 0 Å². The molecule has 0 aromatic heterocycles. The largest absolute Gasteiger partial charge is 0.489 e. The minimum Gasteiger partial charge on any atom is -0.489 e. The summed E-state index contributed by atoms with van der Waals surface area (Å²) in [6, 6.07) is 6.06. The summed E-state index contributed by atoms with van der Waals surface area (Å²) in [6.07, 6.45) is 0. The third-order valence-corrected chi connectivity index (χ3v) is 2.62. The first kappa shape index (κ1) is 15.3. The lowest BCUT2D eigenvalue weighted by Gasteiger charge is -2.20. The molecule has 1 rings (SSSR count). The molecular weight excluding hydrogens is 250 g/mol. The van der Waals surface area contributed by atoms with E-state index in [1.54, 1.807) is 19.9 Å². The van der Waals surface area contributed by atoms with Crippen LogP contribution in [0.15, 0.2) is 18.2 Å². The van der Waals surface area contributed by atoms with Gasteiger partial charge in [-0.2, -0.15) is 0 Å². The van der Waals surface area contributed by atoms with Crippen molar-refractivity contribution in [2.45, 2.75) is 45.9 Å². The SMILES string of the molecule is CC(C)NCc1cccc(Cl)c1OCC(C)(C)O. The van der Waals surface area contributed by atoms with Crippen LogP contribution in [0.2, 0.25) is 5.02 Å². The van der Waals surface area contributed by atoms with Crippen LogP contribution in [-0.4, -0.2) is 23.4 Å². The van der Waals surface area contributed by atoms with E-state index >= 15 is 0 Å². The third-order valence-electron chi connectivity index (χ3n) is 2.32. The van der Waals surface area contributed by atoms with Crippen LogP contribution in [0.4, 0.5) is 0 Å². The molecule has 102 valence electrons. The fourth-order valence-electron chi connectivity index (χ4n) is 1.42. The molecule has 4 heteroatoms. The Hall–Kier alpha value is -0.770. The molecule has 0 heterocycles. The molecule has 2 N–H and O–H groups in total. The standard InChI is InChI=1S/C14H22ClNO2/c1-10(2)16-8-11-6-5-7-12(15)13(11)18-9-14(3,4)17/h5-7,10,16-17H,8-9H2,1-4H3. The number of hydrogen-bond acceptors (Lipinski definition) is 3. The fraction of sp³-hybridized carbons (Fsp3) is 0.571. The molecule has 1 aromatic rings. The first-order valence-corrected chi connectivity index (χ1v) is 6.53. The minimum absolute atomic E-state index is 0.214. The lowest BCUT2D eigenvalue weighted by molar-refractivity contribution is 0.0281. The van der Waals surface area contributed by atoms with Crippen molar-refractivity contribution in [2.24, 2.45) is 0 Å². The van der Waals surface area contributed by atoms with Crippen LogP contribution in [0.3, 0.4) is 0 Å². The molecule has 0 amide bonds. The Kier molecular flexibility index (Phi) is 5.45. The molecule has 0 fully saturated rings. The molecular formula is C14H22ClNO2. The predicted octanol–water partition coefficient (Wildman–Crippen LogP) is 2.99. The average molecular weight is 272 g/mol. The van der Waals surface area contributed by atoms with Crippen molar-refractivity contribution < 1.29 is 9.84 Å².